The lowest BCUT2D eigenvalue weighted by atomic mass is 10.0. The molecule has 0 aliphatic rings. The number of hydrogen-bond acceptors (Lipinski definition) is 3. The smallest absolute Gasteiger partial charge is 0.254 e. The van der Waals surface area contributed by atoms with Gasteiger partial charge in [-0.15, -0.1) is 0 Å². The van der Waals surface area contributed by atoms with E-state index in [1.165, 1.54) is 0 Å². The molecule has 0 aliphatic carbocycles. The van der Waals surface area contributed by atoms with Crippen LogP contribution in [0.2, 0.25) is 0 Å². The number of sulfonamides is 1. The summed E-state index contributed by atoms with van der Waals surface area (Å²) in [7, 11) is -4.23. The number of hydrogen-bond donors (Lipinski definition) is 2. The molecule has 21 heavy (non-hydrogen) atoms. The van der Waals surface area contributed by atoms with Gasteiger partial charge in [0.25, 0.3) is 5.91 Å². The van der Waals surface area contributed by atoms with Crippen LogP contribution in [0.1, 0.15) is 37.6 Å². The molecular formula is C13H18F2N2O3S. The van der Waals surface area contributed by atoms with Gasteiger partial charge in [0.05, 0.1) is 10.5 Å². The van der Waals surface area contributed by atoms with E-state index < -0.39 is 38.0 Å². The van der Waals surface area contributed by atoms with Crippen LogP contribution in [0.4, 0.5) is 8.78 Å². The number of rotatable bonds is 5. The normalized spacial score (nSPS) is 14.6. The van der Waals surface area contributed by atoms with Gasteiger partial charge in [-0.2, -0.15) is 0 Å². The summed E-state index contributed by atoms with van der Waals surface area (Å²) in [5.41, 5.74) is -0.686. The van der Waals surface area contributed by atoms with Gasteiger partial charge in [0.15, 0.2) is 11.6 Å². The molecule has 1 rings (SSSR count). The highest BCUT2D eigenvalue weighted by Gasteiger charge is 2.23. The lowest BCUT2D eigenvalue weighted by Crippen LogP contribution is -2.37. The van der Waals surface area contributed by atoms with Gasteiger partial charge in [-0.1, -0.05) is 20.3 Å². The Labute approximate surface area is 122 Å². The van der Waals surface area contributed by atoms with Crippen LogP contribution in [-0.2, 0) is 10.0 Å². The molecule has 2 atom stereocenters. The minimum atomic E-state index is -4.23. The maximum absolute atomic E-state index is 13.7. The van der Waals surface area contributed by atoms with Crippen molar-refractivity contribution in [3.8, 4) is 0 Å². The number of nitrogens with one attached hydrogen (secondary N) is 1. The third-order valence-electron chi connectivity index (χ3n) is 3.43. The monoisotopic (exact) mass is 320 g/mol. The van der Waals surface area contributed by atoms with Crippen molar-refractivity contribution in [2.45, 2.75) is 38.1 Å². The van der Waals surface area contributed by atoms with Crippen LogP contribution in [0.3, 0.4) is 0 Å². The minimum Gasteiger partial charge on any atom is -0.349 e. The number of halogens is 2. The van der Waals surface area contributed by atoms with E-state index in [0.717, 1.165) is 12.5 Å². The summed E-state index contributed by atoms with van der Waals surface area (Å²) in [5.74, 6) is -3.60. The van der Waals surface area contributed by atoms with Crippen molar-refractivity contribution in [1.29, 1.82) is 0 Å². The Bertz CT molecular complexity index is 647. The van der Waals surface area contributed by atoms with Crippen LogP contribution >= 0.6 is 0 Å². The Balaban J connectivity index is 3.18. The standard InChI is InChI=1S/C13H18F2N2O3S/c1-4-7(2)8(3)17-13(18)10-5-9(21(16,19)20)6-11(14)12(10)15/h5-8H,4H2,1-3H3,(H,17,18)(H2,16,19,20). The molecule has 3 N–H and O–H groups in total. The molecule has 1 aromatic carbocycles. The zero-order chi connectivity index (χ0) is 16.4. The van der Waals surface area contributed by atoms with Gasteiger partial charge in [0.2, 0.25) is 10.0 Å². The first-order chi connectivity index (χ1) is 9.57. The average molecular weight is 320 g/mol. The molecule has 1 amide bonds. The van der Waals surface area contributed by atoms with Crippen molar-refractivity contribution in [2.75, 3.05) is 0 Å². The zero-order valence-electron chi connectivity index (χ0n) is 12.0. The van der Waals surface area contributed by atoms with Gasteiger partial charge < -0.3 is 5.32 Å². The average Bonchev–Trinajstić information content (AvgIpc) is 2.39. The second kappa shape index (κ2) is 6.48. The zero-order valence-corrected chi connectivity index (χ0v) is 12.8. The first-order valence-corrected chi connectivity index (χ1v) is 7.95. The van der Waals surface area contributed by atoms with Gasteiger partial charge in [-0.05, 0) is 25.0 Å². The molecular weight excluding hydrogens is 302 g/mol. The quantitative estimate of drug-likeness (QED) is 0.866. The van der Waals surface area contributed by atoms with E-state index >= 15 is 0 Å². The molecule has 118 valence electrons. The molecule has 8 heteroatoms. The van der Waals surface area contributed by atoms with E-state index in [1.54, 1.807) is 6.92 Å². The van der Waals surface area contributed by atoms with E-state index in [0.29, 0.717) is 6.07 Å². The second-order valence-electron chi connectivity index (χ2n) is 4.96. The number of carbonyl (C=O) groups excluding carboxylic acids is 1. The largest absolute Gasteiger partial charge is 0.349 e. The highest BCUT2D eigenvalue weighted by atomic mass is 32.2. The van der Waals surface area contributed by atoms with Crippen molar-refractivity contribution in [3.05, 3.63) is 29.3 Å². The summed E-state index contributed by atoms with van der Waals surface area (Å²) in [4.78, 5) is 11.3. The highest BCUT2D eigenvalue weighted by molar-refractivity contribution is 7.89. The van der Waals surface area contributed by atoms with Crippen LogP contribution in [0.25, 0.3) is 0 Å². The summed E-state index contributed by atoms with van der Waals surface area (Å²) in [6.45, 7) is 5.54. The van der Waals surface area contributed by atoms with Crippen molar-refractivity contribution in [1.82, 2.24) is 5.32 Å². The minimum absolute atomic E-state index is 0.128. The maximum Gasteiger partial charge on any atom is 0.254 e. The maximum atomic E-state index is 13.7. The number of amides is 1. The third-order valence-corrected chi connectivity index (χ3v) is 4.32. The molecule has 0 heterocycles. The van der Waals surface area contributed by atoms with Crippen LogP contribution in [0.15, 0.2) is 17.0 Å². The van der Waals surface area contributed by atoms with E-state index in [2.05, 4.69) is 5.32 Å². The van der Waals surface area contributed by atoms with Crippen LogP contribution < -0.4 is 10.5 Å². The van der Waals surface area contributed by atoms with Crippen molar-refractivity contribution < 1.29 is 22.0 Å². The predicted molar refractivity (Wildman–Crippen MR) is 74.1 cm³/mol. The third kappa shape index (κ3) is 4.21. The molecule has 0 aliphatic heterocycles. The Hall–Kier alpha value is -1.54. The van der Waals surface area contributed by atoms with Crippen LogP contribution in [0.5, 0.6) is 0 Å². The lowest BCUT2D eigenvalue weighted by molar-refractivity contribution is 0.0922. The number of carbonyl (C=O) groups is 1. The summed E-state index contributed by atoms with van der Waals surface area (Å²) in [6.07, 6.45) is 0.787. The molecule has 2 unspecified atom stereocenters. The van der Waals surface area contributed by atoms with E-state index in [9.17, 15) is 22.0 Å². The fraction of sp³-hybridized carbons (Fsp3) is 0.462. The fourth-order valence-electron chi connectivity index (χ4n) is 1.67. The van der Waals surface area contributed by atoms with Gasteiger partial charge in [0, 0.05) is 6.04 Å². The molecule has 0 radical (unpaired) electrons. The SMILES string of the molecule is CCC(C)C(C)NC(=O)c1cc(S(N)(=O)=O)cc(F)c1F. The summed E-state index contributed by atoms with van der Waals surface area (Å²) < 4.78 is 49.5. The molecule has 0 saturated heterocycles. The van der Waals surface area contributed by atoms with E-state index in [4.69, 9.17) is 5.14 Å². The Morgan fingerprint density at radius 2 is 1.90 bits per heavy atom. The second-order valence-corrected chi connectivity index (χ2v) is 6.52. The molecule has 0 aromatic heterocycles. The van der Waals surface area contributed by atoms with Crippen molar-refractivity contribution in [3.63, 3.8) is 0 Å². The number of primary sulfonamides is 1. The first kappa shape index (κ1) is 17.5. The Kier molecular flexibility index (Phi) is 5.41. The summed E-state index contributed by atoms with van der Waals surface area (Å²) in [6, 6.07) is 0.898. The molecule has 1 aromatic rings. The fourth-order valence-corrected chi connectivity index (χ4v) is 2.22. The molecule has 0 spiro atoms. The van der Waals surface area contributed by atoms with Gasteiger partial charge in [0.1, 0.15) is 0 Å². The first-order valence-electron chi connectivity index (χ1n) is 6.40. The molecule has 5 nitrogen and oxygen atoms in total. The van der Waals surface area contributed by atoms with E-state index in [1.807, 2.05) is 13.8 Å². The van der Waals surface area contributed by atoms with E-state index in [-0.39, 0.29) is 12.0 Å². The topological polar surface area (TPSA) is 89.3 Å². The van der Waals surface area contributed by atoms with Crippen molar-refractivity contribution in [2.24, 2.45) is 11.1 Å². The lowest BCUT2D eigenvalue weighted by Gasteiger charge is -2.20. The van der Waals surface area contributed by atoms with Gasteiger partial charge >= 0.3 is 0 Å². The molecule has 0 fully saturated rings. The van der Waals surface area contributed by atoms with Gasteiger partial charge in [-0.25, -0.2) is 22.3 Å². The van der Waals surface area contributed by atoms with Crippen LogP contribution in [-0.4, -0.2) is 20.4 Å². The molecule has 0 saturated carbocycles. The Morgan fingerprint density at radius 3 is 2.38 bits per heavy atom. The molecule has 0 bridgehead atoms. The van der Waals surface area contributed by atoms with Crippen molar-refractivity contribution >= 4 is 15.9 Å². The predicted octanol–water partition coefficient (Wildman–Crippen LogP) is 1.78. The van der Waals surface area contributed by atoms with Crippen LogP contribution in [0, 0.1) is 17.6 Å². The Morgan fingerprint density at radius 1 is 1.33 bits per heavy atom. The number of benzene rings is 1. The summed E-state index contributed by atoms with van der Waals surface area (Å²) >= 11 is 0. The summed E-state index contributed by atoms with van der Waals surface area (Å²) in [5, 5.41) is 7.38. The number of nitrogens with two attached hydrogens (primary N) is 1. The van der Waals surface area contributed by atoms with Gasteiger partial charge in [-0.3, -0.25) is 4.79 Å². The highest BCUT2D eigenvalue weighted by Crippen LogP contribution is 2.18.